The molecule has 1 saturated heterocycles. The molecular weight excluding hydrogens is 320 g/mol. The Balaban J connectivity index is 2.03. The van der Waals surface area contributed by atoms with Crippen LogP contribution in [0.1, 0.15) is 31.7 Å². The Bertz CT molecular complexity index is 486. The average molecular weight is 343 g/mol. The standard InChI is InChI=1S/C14H23BrN4O/c1-4-12-14(15)13(17(3)16-12)10-18-6-5-7-19(9-8-18)11(2)20/h4-10H2,1-3H3. The van der Waals surface area contributed by atoms with E-state index < -0.39 is 0 Å². The van der Waals surface area contributed by atoms with E-state index in [0.29, 0.717) is 0 Å². The second kappa shape index (κ2) is 6.72. The summed E-state index contributed by atoms with van der Waals surface area (Å²) in [6.45, 7) is 8.32. The largest absolute Gasteiger partial charge is 0.342 e. The van der Waals surface area contributed by atoms with Crippen molar-refractivity contribution in [3.8, 4) is 0 Å². The van der Waals surface area contributed by atoms with E-state index in [1.54, 1.807) is 6.92 Å². The van der Waals surface area contributed by atoms with E-state index >= 15 is 0 Å². The van der Waals surface area contributed by atoms with Gasteiger partial charge in [0, 0.05) is 46.7 Å². The van der Waals surface area contributed by atoms with Crippen LogP contribution in [0.2, 0.25) is 0 Å². The molecule has 112 valence electrons. The Morgan fingerprint density at radius 3 is 2.65 bits per heavy atom. The third-order valence-electron chi connectivity index (χ3n) is 3.91. The first kappa shape index (κ1) is 15.5. The number of hydrogen-bond acceptors (Lipinski definition) is 3. The maximum absolute atomic E-state index is 11.5. The second-order valence-electron chi connectivity index (χ2n) is 5.32. The fourth-order valence-electron chi connectivity index (χ4n) is 2.65. The summed E-state index contributed by atoms with van der Waals surface area (Å²) < 4.78 is 3.10. The van der Waals surface area contributed by atoms with Gasteiger partial charge in [0.2, 0.25) is 5.91 Å². The zero-order valence-electron chi connectivity index (χ0n) is 12.5. The van der Waals surface area contributed by atoms with Gasteiger partial charge in [-0.3, -0.25) is 14.4 Å². The third-order valence-corrected chi connectivity index (χ3v) is 4.83. The number of hydrogen-bond donors (Lipinski definition) is 0. The smallest absolute Gasteiger partial charge is 0.219 e. The fourth-order valence-corrected chi connectivity index (χ4v) is 3.39. The van der Waals surface area contributed by atoms with Gasteiger partial charge >= 0.3 is 0 Å². The van der Waals surface area contributed by atoms with Crippen LogP contribution in [0, 0.1) is 0 Å². The molecular formula is C14H23BrN4O. The van der Waals surface area contributed by atoms with E-state index in [9.17, 15) is 4.79 Å². The number of carbonyl (C=O) groups is 1. The molecule has 0 spiro atoms. The molecule has 1 aromatic rings. The van der Waals surface area contributed by atoms with Gasteiger partial charge in [0.05, 0.1) is 15.9 Å². The van der Waals surface area contributed by atoms with Gasteiger partial charge in [-0.2, -0.15) is 5.10 Å². The molecule has 0 atom stereocenters. The van der Waals surface area contributed by atoms with E-state index in [-0.39, 0.29) is 5.91 Å². The summed E-state index contributed by atoms with van der Waals surface area (Å²) in [5.74, 6) is 0.182. The van der Waals surface area contributed by atoms with Crippen LogP contribution in [-0.4, -0.2) is 51.7 Å². The van der Waals surface area contributed by atoms with Gasteiger partial charge < -0.3 is 4.90 Å². The van der Waals surface area contributed by atoms with Crippen molar-refractivity contribution in [2.75, 3.05) is 26.2 Å². The predicted octanol–water partition coefficient (Wildman–Crippen LogP) is 1.80. The summed E-state index contributed by atoms with van der Waals surface area (Å²) in [7, 11) is 2.00. The first-order chi connectivity index (χ1) is 9.52. The molecule has 0 bridgehead atoms. The van der Waals surface area contributed by atoms with E-state index in [0.717, 1.165) is 55.7 Å². The molecule has 20 heavy (non-hydrogen) atoms. The molecule has 1 aliphatic heterocycles. The highest BCUT2D eigenvalue weighted by Crippen LogP contribution is 2.23. The molecule has 0 N–H and O–H groups in total. The monoisotopic (exact) mass is 342 g/mol. The molecule has 1 aromatic heterocycles. The Morgan fingerprint density at radius 2 is 2.05 bits per heavy atom. The number of nitrogens with zero attached hydrogens (tertiary/aromatic N) is 4. The lowest BCUT2D eigenvalue weighted by molar-refractivity contribution is -0.128. The van der Waals surface area contributed by atoms with Crippen molar-refractivity contribution in [1.82, 2.24) is 19.6 Å². The maximum atomic E-state index is 11.5. The van der Waals surface area contributed by atoms with Crippen LogP contribution in [-0.2, 0) is 24.8 Å². The lowest BCUT2D eigenvalue weighted by atomic mass is 10.3. The Labute approximate surface area is 129 Å². The number of rotatable bonds is 3. The molecule has 2 rings (SSSR count). The van der Waals surface area contributed by atoms with Gasteiger partial charge in [-0.05, 0) is 28.8 Å². The molecule has 1 amide bonds. The highest BCUT2D eigenvalue weighted by Gasteiger charge is 2.20. The minimum absolute atomic E-state index is 0.182. The second-order valence-corrected chi connectivity index (χ2v) is 6.11. The molecule has 6 heteroatoms. The fraction of sp³-hybridized carbons (Fsp3) is 0.714. The van der Waals surface area contributed by atoms with Crippen LogP contribution in [0.3, 0.4) is 0 Å². The van der Waals surface area contributed by atoms with Crippen LogP contribution in [0.5, 0.6) is 0 Å². The minimum atomic E-state index is 0.182. The summed E-state index contributed by atoms with van der Waals surface area (Å²) in [6, 6.07) is 0. The number of halogens is 1. The first-order valence-corrected chi connectivity index (χ1v) is 8.00. The van der Waals surface area contributed by atoms with Gasteiger partial charge in [0.1, 0.15) is 0 Å². The Kier molecular flexibility index (Phi) is 5.21. The third kappa shape index (κ3) is 3.41. The Morgan fingerprint density at radius 1 is 1.30 bits per heavy atom. The summed E-state index contributed by atoms with van der Waals surface area (Å²) in [5.41, 5.74) is 2.33. The van der Waals surface area contributed by atoms with E-state index in [2.05, 4.69) is 32.9 Å². The van der Waals surface area contributed by atoms with Crippen molar-refractivity contribution in [3.05, 3.63) is 15.9 Å². The molecule has 1 fully saturated rings. The number of amides is 1. The van der Waals surface area contributed by atoms with Crippen molar-refractivity contribution < 1.29 is 4.79 Å². The minimum Gasteiger partial charge on any atom is -0.342 e. The molecule has 1 aliphatic rings. The normalized spacial score (nSPS) is 17.3. The first-order valence-electron chi connectivity index (χ1n) is 7.21. The number of aromatic nitrogens is 2. The molecule has 5 nitrogen and oxygen atoms in total. The van der Waals surface area contributed by atoms with Crippen molar-refractivity contribution in [2.45, 2.75) is 33.2 Å². The lowest BCUT2D eigenvalue weighted by Crippen LogP contribution is -2.33. The van der Waals surface area contributed by atoms with Gasteiger partial charge in [-0.25, -0.2) is 0 Å². The van der Waals surface area contributed by atoms with Gasteiger partial charge in [-0.15, -0.1) is 0 Å². The van der Waals surface area contributed by atoms with Crippen LogP contribution >= 0.6 is 15.9 Å². The summed E-state index contributed by atoms with van der Waals surface area (Å²) in [5, 5.41) is 4.54. The predicted molar refractivity (Wildman–Crippen MR) is 82.4 cm³/mol. The van der Waals surface area contributed by atoms with E-state index in [4.69, 9.17) is 0 Å². The van der Waals surface area contributed by atoms with Crippen molar-refractivity contribution in [2.24, 2.45) is 7.05 Å². The number of aryl methyl sites for hydroxylation is 2. The van der Waals surface area contributed by atoms with E-state index in [1.165, 1.54) is 5.69 Å². The molecule has 0 radical (unpaired) electrons. The zero-order chi connectivity index (χ0) is 14.7. The van der Waals surface area contributed by atoms with Crippen LogP contribution in [0.15, 0.2) is 4.47 Å². The average Bonchev–Trinajstić information content (AvgIpc) is 2.60. The maximum Gasteiger partial charge on any atom is 0.219 e. The van der Waals surface area contributed by atoms with Gasteiger partial charge in [0.25, 0.3) is 0 Å². The topological polar surface area (TPSA) is 41.4 Å². The Hall–Kier alpha value is -0.880. The van der Waals surface area contributed by atoms with Crippen molar-refractivity contribution in [3.63, 3.8) is 0 Å². The van der Waals surface area contributed by atoms with Crippen LogP contribution in [0.4, 0.5) is 0 Å². The van der Waals surface area contributed by atoms with Crippen LogP contribution < -0.4 is 0 Å². The molecule has 0 aromatic carbocycles. The molecule has 0 saturated carbocycles. The summed E-state index contributed by atoms with van der Waals surface area (Å²) >= 11 is 3.67. The summed E-state index contributed by atoms with van der Waals surface area (Å²) in [4.78, 5) is 15.8. The molecule has 2 heterocycles. The molecule has 0 unspecified atom stereocenters. The zero-order valence-corrected chi connectivity index (χ0v) is 14.1. The van der Waals surface area contributed by atoms with Crippen molar-refractivity contribution in [1.29, 1.82) is 0 Å². The highest BCUT2D eigenvalue weighted by atomic mass is 79.9. The molecule has 0 aliphatic carbocycles. The summed E-state index contributed by atoms with van der Waals surface area (Å²) in [6.07, 6.45) is 1.97. The number of carbonyl (C=O) groups excluding carboxylic acids is 1. The van der Waals surface area contributed by atoms with Crippen molar-refractivity contribution >= 4 is 21.8 Å². The van der Waals surface area contributed by atoms with Gasteiger partial charge in [0.15, 0.2) is 0 Å². The van der Waals surface area contributed by atoms with E-state index in [1.807, 2.05) is 16.6 Å². The highest BCUT2D eigenvalue weighted by molar-refractivity contribution is 9.10. The van der Waals surface area contributed by atoms with Gasteiger partial charge in [-0.1, -0.05) is 6.92 Å². The SMILES string of the molecule is CCc1nn(C)c(CN2CCCN(C(C)=O)CC2)c1Br. The lowest BCUT2D eigenvalue weighted by Gasteiger charge is -2.21. The van der Waals surface area contributed by atoms with Crippen LogP contribution in [0.25, 0.3) is 0 Å². The quantitative estimate of drug-likeness (QED) is 0.840.